The highest BCUT2D eigenvalue weighted by Gasteiger charge is 2.08. The van der Waals surface area contributed by atoms with E-state index in [1.807, 2.05) is 19.1 Å². The van der Waals surface area contributed by atoms with E-state index in [9.17, 15) is 4.79 Å². The van der Waals surface area contributed by atoms with Gasteiger partial charge in [-0.3, -0.25) is 4.79 Å². The molecule has 1 amide bonds. The third kappa shape index (κ3) is 4.21. The number of benzene rings is 1. The first-order chi connectivity index (χ1) is 7.63. The number of nitrogens with one attached hydrogen (secondary N) is 1. The topological polar surface area (TPSA) is 38.3 Å². The number of carbonyl (C=O) groups is 1. The van der Waals surface area contributed by atoms with Gasteiger partial charge in [0.2, 0.25) is 0 Å². The van der Waals surface area contributed by atoms with E-state index >= 15 is 0 Å². The van der Waals surface area contributed by atoms with Gasteiger partial charge in [0.15, 0.2) is 0 Å². The second-order valence-corrected chi connectivity index (χ2v) is 4.25. The Labute approximate surface area is 101 Å². The Morgan fingerprint density at radius 2 is 2.06 bits per heavy atom. The van der Waals surface area contributed by atoms with Gasteiger partial charge < -0.3 is 10.1 Å². The van der Waals surface area contributed by atoms with Gasteiger partial charge in [-0.1, -0.05) is 17.7 Å². The van der Waals surface area contributed by atoms with Crippen molar-refractivity contribution < 1.29 is 9.53 Å². The molecule has 1 atom stereocenters. The zero-order chi connectivity index (χ0) is 12.0. The molecule has 1 rings (SSSR count). The molecule has 3 nitrogen and oxygen atoms in total. The second-order valence-electron chi connectivity index (χ2n) is 3.63. The highest BCUT2D eigenvalue weighted by molar-refractivity contribution is 6.21. The fourth-order valence-electron chi connectivity index (χ4n) is 1.25. The Morgan fingerprint density at radius 3 is 2.62 bits per heavy atom. The maximum absolute atomic E-state index is 11.7. The molecule has 1 aromatic carbocycles. The summed E-state index contributed by atoms with van der Waals surface area (Å²) in [6, 6.07) is 7.40. The van der Waals surface area contributed by atoms with E-state index in [0.29, 0.717) is 18.7 Å². The quantitative estimate of drug-likeness (QED) is 0.801. The molecule has 0 heterocycles. The molecule has 0 radical (unpaired) electrons. The van der Waals surface area contributed by atoms with Crippen LogP contribution in [0.2, 0.25) is 0 Å². The maximum Gasteiger partial charge on any atom is 0.251 e. The molecular weight excluding hydrogens is 226 g/mol. The summed E-state index contributed by atoms with van der Waals surface area (Å²) in [5.41, 5.74) is 1.78. The van der Waals surface area contributed by atoms with Crippen molar-refractivity contribution in [2.24, 2.45) is 0 Å². The first-order valence-corrected chi connectivity index (χ1v) is 5.55. The van der Waals surface area contributed by atoms with Crippen LogP contribution in [-0.2, 0) is 4.74 Å². The number of alkyl halides is 1. The Balaban J connectivity index is 2.43. The highest BCUT2D eigenvalue weighted by atomic mass is 35.5. The van der Waals surface area contributed by atoms with E-state index < -0.39 is 0 Å². The summed E-state index contributed by atoms with van der Waals surface area (Å²) in [6.07, 6.45) is 0. The fraction of sp³-hybridized carbons (Fsp3) is 0.417. The van der Waals surface area contributed by atoms with E-state index in [1.54, 1.807) is 19.2 Å². The number of aryl methyl sites for hydroxylation is 1. The maximum atomic E-state index is 11.7. The summed E-state index contributed by atoms with van der Waals surface area (Å²) >= 11 is 5.90. The van der Waals surface area contributed by atoms with Gasteiger partial charge in [0.25, 0.3) is 5.91 Å². The average molecular weight is 242 g/mol. The van der Waals surface area contributed by atoms with Gasteiger partial charge in [-0.2, -0.15) is 0 Å². The molecule has 1 aromatic rings. The van der Waals surface area contributed by atoms with Crippen molar-refractivity contribution in [1.29, 1.82) is 0 Å². The molecule has 88 valence electrons. The Bertz CT molecular complexity index is 337. The van der Waals surface area contributed by atoms with E-state index in [0.717, 1.165) is 5.56 Å². The van der Waals surface area contributed by atoms with Gasteiger partial charge in [0, 0.05) is 19.2 Å². The summed E-state index contributed by atoms with van der Waals surface area (Å²) in [5.74, 6) is -0.109. The molecule has 0 aliphatic rings. The molecule has 0 aliphatic heterocycles. The van der Waals surface area contributed by atoms with E-state index in [1.165, 1.54) is 0 Å². The lowest BCUT2D eigenvalue weighted by Crippen LogP contribution is -2.31. The van der Waals surface area contributed by atoms with Crippen LogP contribution in [0, 0.1) is 6.92 Å². The van der Waals surface area contributed by atoms with E-state index in [4.69, 9.17) is 16.3 Å². The third-order valence-electron chi connectivity index (χ3n) is 2.15. The summed E-state index contributed by atoms with van der Waals surface area (Å²) < 4.78 is 4.87. The second kappa shape index (κ2) is 6.51. The summed E-state index contributed by atoms with van der Waals surface area (Å²) in [6.45, 7) is 2.81. The highest BCUT2D eigenvalue weighted by Crippen LogP contribution is 2.03. The number of hydrogen-bond acceptors (Lipinski definition) is 2. The summed E-state index contributed by atoms with van der Waals surface area (Å²) in [5, 5.41) is 2.56. The number of hydrogen-bond donors (Lipinski definition) is 1. The minimum atomic E-state index is -0.195. The van der Waals surface area contributed by atoms with Crippen molar-refractivity contribution in [2.45, 2.75) is 12.3 Å². The number of rotatable bonds is 5. The number of halogens is 1. The van der Waals surface area contributed by atoms with Crippen molar-refractivity contribution in [1.82, 2.24) is 5.32 Å². The summed E-state index contributed by atoms with van der Waals surface area (Å²) in [4.78, 5) is 11.7. The molecule has 0 aliphatic carbocycles. The van der Waals surface area contributed by atoms with Crippen LogP contribution in [0.1, 0.15) is 15.9 Å². The molecular formula is C12H16ClNO2. The fourth-order valence-corrected chi connectivity index (χ4v) is 1.45. The molecule has 0 saturated heterocycles. The molecule has 1 unspecified atom stereocenters. The van der Waals surface area contributed by atoms with Gasteiger partial charge in [-0.05, 0) is 19.1 Å². The predicted molar refractivity (Wildman–Crippen MR) is 65.0 cm³/mol. The van der Waals surface area contributed by atoms with Gasteiger partial charge in [-0.15, -0.1) is 11.6 Å². The third-order valence-corrected chi connectivity index (χ3v) is 2.43. The van der Waals surface area contributed by atoms with Gasteiger partial charge in [-0.25, -0.2) is 0 Å². The molecule has 0 saturated carbocycles. The largest absolute Gasteiger partial charge is 0.383 e. The van der Waals surface area contributed by atoms with Gasteiger partial charge >= 0.3 is 0 Å². The van der Waals surface area contributed by atoms with Crippen LogP contribution in [0.4, 0.5) is 0 Å². The molecule has 0 aromatic heterocycles. The normalized spacial score (nSPS) is 12.2. The first kappa shape index (κ1) is 13.0. The number of methoxy groups -OCH3 is 1. The number of ether oxygens (including phenoxy) is 1. The Kier molecular flexibility index (Phi) is 5.29. The molecule has 4 heteroatoms. The SMILES string of the molecule is COCC(Cl)CNC(=O)c1ccc(C)cc1. The minimum absolute atomic E-state index is 0.109. The summed E-state index contributed by atoms with van der Waals surface area (Å²) in [7, 11) is 1.58. The van der Waals surface area contributed by atoms with Gasteiger partial charge in [0.1, 0.15) is 0 Å². The monoisotopic (exact) mass is 241 g/mol. The van der Waals surface area contributed by atoms with Crippen LogP contribution < -0.4 is 5.32 Å². The molecule has 1 N–H and O–H groups in total. The van der Waals surface area contributed by atoms with Crippen LogP contribution in [0.3, 0.4) is 0 Å². The molecule has 0 fully saturated rings. The lowest BCUT2D eigenvalue weighted by Gasteiger charge is -2.09. The minimum Gasteiger partial charge on any atom is -0.383 e. The van der Waals surface area contributed by atoms with Crippen LogP contribution in [0.5, 0.6) is 0 Å². The zero-order valence-electron chi connectivity index (χ0n) is 9.50. The zero-order valence-corrected chi connectivity index (χ0v) is 10.3. The smallest absolute Gasteiger partial charge is 0.251 e. The number of amides is 1. The van der Waals surface area contributed by atoms with Crippen molar-refractivity contribution in [3.63, 3.8) is 0 Å². The van der Waals surface area contributed by atoms with Crippen molar-refractivity contribution in [3.8, 4) is 0 Å². The Morgan fingerprint density at radius 1 is 1.44 bits per heavy atom. The standard InChI is InChI=1S/C12H16ClNO2/c1-9-3-5-10(6-4-9)12(15)14-7-11(13)8-16-2/h3-6,11H,7-8H2,1-2H3,(H,14,15). The number of carbonyl (C=O) groups excluding carboxylic acids is 1. The lowest BCUT2D eigenvalue weighted by atomic mass is 10.1. The molecule has 0 bridgehead atoms. The van der Waals surface area contributed by atoms with Crippen LogP contribution >= 0.6 is 11.6 Å². The predicted octanol–water partition coefficient (Wildman–Crippen LogP) is 1.98. The van der Waals surface area contributed by atoms with Gasteiger partial charge in [0.05, 0.1) is 12.0 Å². The van der Waals surface area contributed by atoms with Crippen LogP contribution in [-0.4, -0.2) is 31.5 Å². The first-order valence-electron chi connectivity index (χ1n) is 5.11. The molecule has 16 heavy (non-hydrogen) atoms. The van der Waals surface area contributed by atoms with Crippen LogP contribution in [0.25, 0.3) is 0 Å². The van der Waals surface area contributed by atoms with E-state index in [-0.39, 0.29) is 11.3 Å². The van der Waals surface area contributed by atoms with Crippen molar-refractivity contribution in [3.05, 3.63) is 35.4 Å². The van der Waals surface area contributed by atoms with Crippen LogP contribution in [0.15, 0.2) is 24.3 Å². The van der Waals surface area contributed by atoms with E-state index in [2.05, 4.69) is 5.32 Å². The molecule has 0 spiro atoms. The Hall–Kier alpha value is -1.06. The van der Waals surface area contributed by atoms with Crippen molar-refractivity contribution >= 4 is 17.5 Å². The average Bonchev–Trinajstić information content (AvgIpc) is 2.27. The lowest BCUT2D eigenvalue weighted by molar-refractivity contribution is 0.0949. The van der Waals surface area contributed by atoms with Crippen molar-refractivity contribution in [2.75, 3.05) is 20.3 Å².